The van der Waals surface area contributed by atoms with Crippen LogP contribution in [0.1, 0.15) is 42.7 Å². The zero-order valence-electron chi connectivity index (χ0n) is 20.5. The van der Waals surface area contributed by atoms with Gasteiger partial charge in [0.2, 0.25) is 5.95 Å². The average molecular weight is 531 g/mol. The lowest BCUT2D eigenvalue weighted by Gasteiger charge is -2.65. The topological polar surface area (TPSA) is 88.3 Å². The van der Waals surface area contributed by atoms with E-state index in [1.165, 1.54) is 0 Å². The van der Waals surface area contributed by atoms with E-state index in [0.29, 0.717) is 62.2 Å². The second-order valence-corrected chi connectivity index (χ2v) is 11.7. The number of rotatable bonds is 5. The number of aromatic nitrogens is 4. The number of aryl methyl sites for hydroxylation is 1. The molecule has 0 radical (unpaired) electrons. The lowest BCUT2D eigenvalue weighted by molar-refractivity contribution is -0.203. The van der Waals surface area contributed by atoms with E-state index in [4.69, 9.17) is 16.3 Å². The van der Waals surface area contributed by atoms with Crippen molar-refractivity contribution in [1.29, 1.82) is 0 Å². The molecule has 0 spiro atoms. The van der Waals surface area contributed by atoms with Crippen molar-refractivity contribution in [2.24, 2.45) is 0 Å². The Morgan fingerprint density at radius 2 is 2.03 bits per heavy atom. The maximum Gasteiger partial charge on any atom is 0.227 e. The summed E-state index contributed by atoms with van der Waals surface area (Å²) in [6.45, 7) is 3.73. The fourth-order valence-electron chi connectivity index (χ4n) is 6.84. The average Bonchev–Trinajstić information content (AvgIpc) is 3.42. The highest BCUT2D eigenvalue weighted by molar-refractivity contribution is 6.32. The quantitative estimate of drug-likeness (QED) is 0.515. The minimum atomic E-state index is -1.05. The minimum Gasteiger partial charge on any atom is -0.389 e. The van der Waals surface area contributed by atoms with Crippen LogP contribution in [0.4, 0.5) is 20.4 Å². The van der Waals surface area contributed by atoms with Gasteiger partial charge < -0.3 is 15.2 Å². The predicted molar refractivity (Wildman–Crippen MR) is 135 cm³/mol. The molecule has 2 aliphatic heterocycles. The number of hydrogen-bond acceptors (Lipinski definition) is 7. The van der Waals surface area contributed by atoms with E-state index in [1.807, 2.05) is 24.0 Å². The third-order valence-electron chi connectivity index (χ3n) is 8.77. The zero-order valence-corrected chi connectivity index (χ0v) is 21.3. The largest absolute Gasteiger partial charge is 0.389 e. The zero-order chi connectivity index (χ0) is 25.5. The molecule has 2 N–H and O–H groups in total. The Hall–Kier alpha value is -2.40. The molecular weight excluding hydrogens is 502 g/mol. The van der Waals surface area contributed by atoms with E-state index in [0.717, 1.165) is 22.0 Å². The third kappa shape index (κ3) is 3.75. The molecule has 37 heavy (non-hydrogen) atoms. The Morgan fingerprint density at radius 1 is 1.22 bits per heavy atom. The van der Waals surface area contributed by atoms with Crippen LogP contribution in [0.25, 0.3) is 10.9 Å². The Kier molecular flexibility index (Phi) is 5.31. The highest BCUT2D eigenvalue weighted by Crippen LogP contribution is 2.68. The fraction of sp³-hybridized carbons (Fsp3) is 0.577. The summed E-state index contributed by atoms with van der Waals surface area (Å²) < 4.78 is 36.5. The summed E-state index contributed by atoms with van der Waals surface area (Å²) >= 11 is 6.58. The Labute approximate surface area is 218 Å². The number of hydrogen-bond donors (Lipinski definition) is 2. The van der Waals surface area contributed by atoms with Crippen molar-refractivity contribution in [3.05, 3.63) is 40.8 Å². The maximum absolute atomic E-state index is 15.5. The molecule has 3 saturated carbocycles. The van der Waals surface area contributed by atoms with Crippen LogP contribution in [-0.4, -0.2) is 80.0 Å². The van der Waals surface area contributed by atoms with Crippen molar-refractivity contribution in [2.45, 2.75) is 68.1 Å². The van der Waals surface area contributed by atoms with E-state index in [2.05, 4.69) is 20.4 Å². The number of aliphatic hydroxyl groups excluding tert-OH is 1. The van der Waals surface area contributed by atoms with E-state index < -0.39 is 17.9 Å². The summed E-state index contributed by atoms with van der Waals surface area (Å²) in [5.41, 5.74) is 1.90. The lowest BCUT2D eigenvalue weighted by Crippen LogP contribution is -2.70. The van der Waals surface area contributed by atoms with Crippen LogP contribution in [0.15, 0.2) is 24.5 Å². The summed E-state index contributed by atoms with van der Waals surface area (Å²) in [7, 11) is 0. The summed E-state index contributed by atoms with van der Waals surface area (Å²) in [4.78, 5) is 11.1. The molecule has 2 aromatic heterocycles. The Bertz CT molecular complexity index is 1360. The van der Waals surface area contributed by atoms with Crippen molar-refractivity contribution in [2.75, 3.05) is 31.6 Å². The third-order valence-corrected chi connectivity index (χ3v) is 9.14. The Morgan fingerprint density at radius 3 is 2.73 bits per heavy atom. The number of anilines is 2. The van der Waals surface area contributed by atoms with Gasteiger partial charge in [-0.1, -0.05) is 11.6 Å². The van der Waals surface area contributed by atoms with Crippen LogP contribution in [0.3, 0.4) is 0 Å². The van der Waals surface area contributed by atoms with E-state index in [-0.39, 0.29) is 24.0 Å². The second-order valence-electron chi connectivity index (χ2n) is 11.3. The van der Waals surface area contributed by atoms with Gasteiger partial charge in [0.05, 0.1) is 48.3 Å². The first kappa shape index (κ1) is 23.7. The molecule has 4 heterocycles. The summed E-state index contributed by atoms with van der Waals surface area (Å²) in [5, 5.41) is 19.0. The van der Waals surface area contributed by atoms with Gasteiger partial charge in [0.1, 0.15) is 11.8 Å². The molecule has 0 amide bonds. The highest BCUT2D eigenvalue weighted by Gasteiger charge is 2.71. The number of piperidine rings is 1. The molecule has 0 unspecified atom stereocenters. The van der Waals surface area contributed by atoms with Crippen molar-refractivity contribution in [3.63, 3.8) is 0 Å². The number of fused-ring (bicyclic) bond motifs is 1. The molecule has 5 aliphatic rings. The van der Waals surface area contributed by atoms with Crippen LogP contribution >= 0.6 is 11.6 Å². The molecule has 8 rings (SSSR count). The van der Waals surface area contributed by atoms with Gasteiger partial charge in [0, 0.05) is 43.3 Å². The highest BCUT2D eigenvalue weighted by atomic mass is 35.5. The van der Waals surface area contributed by atoms with Gasteiger partial charge in [-0.25, -0.2) is 23.4 Å². The normalized spacial score (nSPS) is 35.4. The van der Waals surface area contributed by atoms with Crippen LogP contribution in [0, 0.1) is 6.92 Å². The SMILES string of the molecule is Cc1cc2cnc(Nc3cnn(C45CC(F)(C4)C5)c3Cl)nc2cc1[C@@H]1CCN([C@@H]2COC[C@@H]2O)C[C@H]1F. The van der Waals surface area contributed by atoms with Gasteiger partial charge >= 0.3 is 0 Å². The molecule has 2 bridgehead atoms. The lowest BCUT2D eigenvalue weighted by atomic mass is 9.47. The smallest absolute Gasteiger partial charge is 0.227 e. The first-order chi connectivity index (χ1) is 17.7. The van der Waals surface area contributed by atoms with Gasteiger partial charge in [-0.05, 0) is 43.1 Å². The molecule has 2 saturated heterocycles. The molecule has 196 valence electrons. The maximum atomic E-state index is 15.5. The number of ether oxygens (including phenoxy) is 1. The van der Waals surface area contributed by atoms with Gasteiger partial charge in [-0.2, -0.15) is 5.10 Å². The first-order valence-corrected chi connectivity index (χ1v) is 13.2. The van der Waals surface area contributed by atoms with Crippen LogP contribution in [-0.2, 0) is 10.3 Å². The van der Waals surface area contributed by atoms with Crippen LogP contribution in [0.5, 0.6) is 0 Å². The number of likely N-dealkylation sites (tertiary alicyclic amines) is 1. The van der Waals surface area contributed by atoms with E-state index in [9.17, 15) is 9.50 Å². The molecular formula is C26H29ClF2N6O2. The van der Waals surface area contributed by atoms with Crippen LogP contribution in [0.2, 0.25) is 5.15 Å². The summed E-state index contributed by atoms with van der Waals surface area (Å²) in [6, 6.07) is 3.83. The number of nitrogens with one attached hydrogen (secondary N) is 1. The van der Waals surface area contributed by atoms with Gasteiger partial charge in [-0.3, -0.25) is 4.90 Å². The molecule has 8 nitrogen and oxygen atoms in total. The standard InChI is InChI=1S/C26H29ClF2N6O2/c1-14-4-15-6-30-24(33-20-7-31-35(23(20)27)26-11-25(29,12-26)13-26)32-19(15)5-17(14)16-2-3-34(8-18(16)28)21-9-37-10-22(21)36/h4-7,16,18,21-22,36H,2-3,8-13H2,1H3,(H,30,32,33)/t16-,18+,21+,22-,25?,26?/m0/s1. The molecule has 5 fully saturated rings. The van der Waals surface area contributed by atoms with Crippen molar-refractivity contribution < 1.29 is 18.6 Å². The molecule has 3 aromatic rings. The number of aliphatic hydroxyl groups is 1. The number of alkyl halides is 2. The second kappa shape index (κ2) is 8.30. The first-order valence-electron chi connectivity index (χ1n) is 12.8. The number of benzene rings is 1. The van der Waals surface area contributed by atoms with Gasteiger partial charge in [0.25, 0.3) is 0 Å². The van der Waals surface area contributed by atoms with Crippen molar-refractivity contribution in [3.8, 4) is 0 Å². The van der Waals surface area contributed by atoms with Crippen molar-refractivity contribution >= 4 is 34.1 Å². The van der Waals surface area contributed by atoms with Gasteiger partial charge in [0.15, 0.2) is 5.15 Å². The van der Waals surface area contributed by atoms with Gasteiger partial charge in [-0.15, -0.1) is 0 Å². The molecule has 4 atom stereocenters. The molecule has 1 aromatic carbocycles. The van der Waals surface area contributed by atoms with Crippen molar-refractivity contribution in [1.82, 2.24) is 24.6 Å². The molecule has 11 heteroatoms. The molecule has 3 aliphatic carbocycles. The minimum absolute atomic E-state index is 0.137. The number of halogens is 3. The summed E-state index contributed by atoms with van der Waals surface area (Å²) in [5.74, 6) is 0.121. The Balaban J connectivity index is 1.11. The summed E-state index contributed by atoms with van der Waals surface area (Å²) in [6.07, 6.45) is 3.77. The van der Waals surface area contributed by atoms with E-state index in [1.54, 1.807) is 17.1 Å². The van der Waals surface area contributed by atoms with Crippen LogP contribution < -0.4 is 5.32 Å². The number of nitrogens with zero attached hydrogens (tertiary/aromatic N) is 5. The fourth-order valence-corrected chi connectivity index (χ4v) is 7.15. The monoisotopic (exact) mass is 530 g/mol. The van der Waals surface area contributed by atoms with E-state index >= 15 is 4.39 Å². The predicted octanol–water partition coefficient (Wildman–Crippen LogP) is 4.02.